The van der Waals surface area contributed by atoms with Gasteiger partial charge in [0, 0.05) is 12.1 Å². The molecule has 1 saturated carbocycles. The van der Waals surface area contributed by atoms with Crippen LogP contribution in [0.3, 0.4) is 0 Å². The van der Waals surface area contributed by atoms with Gasteiger partial charge < -0.3 is 5.32 Å². The van der Waals surface area contributed by atoms with Crippen molar-refractivity contribution < 1.29 is 13.7 Å². The summed E-state index contributed by atoms with van der Waals surface area (Å²) in [5, 5.41) is 13.9. The number of nitro benzene ring substituents is 1. The van der Waals surface area contributed by atoms with Crippen LogP contribution in [0, 0.1) is 33.6 Å². The summed E-state index contributed by atoms with van der Waals surface area (Å²) >= 11 is 0. The van der Waals surface area contributed by atoms with E-state index in [1.54, 1.807) is 0 Å². The van der Waals surface area contributed by atoms with Gasteiger partial charge in [0.1, 0.15) is 11.5 Å². The molecule has 1 aromatic rings. The maximum atomic E-state index is 13.8. The van der Waals surface area contributed by atoms with Crippen LogP contribution in [0.2, 0.25) is 0 Å². The molecule has 0 radical (unpaired) electrons. The van der Waals surface area contributed by atoms with Crippen molar-refractivity contribution in [3.63, 3.8) is 0 Å². The predicted molar refractivity (Wildman–Crippen MR) is 72.6 cm³/mol. The fourth-order valence-electron chi connectivity index (χ4n) is 2.77. The number of benzene rings is 1. The number of nitrogens with zero attached hydrogens (tertiary/aromatic N) is 1. The molecule has 0 aliphatic heterocycles. The summed E-state index contributed by atoms with van der Waals surface area (Å²) in [4.78, 5) is 10.2. The van der Waals surface area contributed by atoms with E-state index in [0.29, 0.717) is 17.9 Å². The monoisotopic (exact) mass is 284 g/mol. The Bertz CT molecular complexity index is 522. The Labute approximate surface area is 116 Å². The molecule has 1 aromatic carbocycles. The number of rotatable bonds is 3. The van der Waals surface area contributed by atoms with E-state index in [1.807, 2.05) is 6.92 Å². The Morgan fingerprint density at radius 3 is 2.65 bits per heavy atom. The van der Waals surface area contributed by atoms with Crippen molar-refractivity contribution in [2.24, 2.45) is 11.8 Å². The number of anilines is 1. The van der Waals surface area contributed by atoms with E-state index in [2.05, 4.69) is 12.2 Å². The van der Waals surface area contributed by atoms with Gasteiger partial charge in [0.15, 0.2) is 5.82 Å². The number of hydrogen-bond donors (Lipinski definition) is 1. The summed E-state index contributed by atoms with van der Waals surface area (Å²) in [6.07, 6.45) is 2.93. The quantitative estimate of drug-likeness (QED) is 0.671. The van der Waals surface area contributed by atoms with E-state index in [9.17, 15) is 18.9 Å². The first-order valence-corrected chi connectivity index (χ1v) is 6.78. The van der Waals surface area contributed by atoms with Crippen LogP contribution in [0.5, 0.6) is 0 Å². The molecule has 1 N–H and O–H groups in total. The van der Waals surface area contributed by atoms with Crippen LogP contribution in [-0.2, 0) is 0 Å². The molecule has 3 unspecified atom stereocenters. The van der Waals surface area contributed by atoms with Crippen molar-refractivity contribution in [3.05, 3.63) is 33.9 Å². The fraction of sp³-hybridized carbons (Fsp3) is 0.571. The molecule has 2 rings (SSSR count). The van der Waals surface area contributed by atoms with E-state index in [4.69, 9.17) is 0 Å². The summed E-state index contributed by atoms with van der Waals surface area (Å²) < 4.78 is 27.0. The Balaban J connectivity index is 2.30. The SMILES string of the molecule is CC1CCC(C)C(Nc2c(F)cc(F)cc2[N+](=O)[O-])C1. The molecule has 1 fully saturated rings. The van der Waals surface area contributed by atoms with E-state index in [-0.39, 0.29) is 11.7 Å². The highest BCUT2D eigenvalue weighted by Gasteiger charge is 2.29. The summed E-state index contributed by atoms with van der Waals surface area (Å²) in [7, 11) is 0. The zero-order valence-corrected chi connectivity index (χ0v) is 11.5. The highest BCUT2D eigenvalue weighted by atomic mass is 19.1. The predicted octanol–water partition coefficient (Wildman–Crippen LogP) is 4.11. The smallest absolute Gasteiger partial charge is 0.298 e. The molecule has 0 aromatic heterocycles. The fourth-order valence-corrected chi connectivity index (χ4v) is 2.77. The third kappa shape index (κ3) is 3.05. The van der Waals surface area contributed by atoms with Crippen molar-refractivity contribution >= 4 is 11.4 Å². The molecule has 3 atom stereocenters. The van der Waals surface area contributed by atoms with Gasteiger partial charge >= 0.3 is 0 Å². The van der Waals surface area contributed by atoms with E-state index >= 15 is 0 Å². The minimum absolute atomic E-state index is 0.0302. The first-order chi connectivity index (χ1) is 9.38. The van der Waals surface area contributed by atoms with Crippen LogP contribution in [0.1, 0.15) is 33.1 Å². The summed E-state index contributed by atoms with van der Waals surface area (Å²) in [6.45, 7) is 4.15. The highest BCUT2D eigenvalue weighted by molar-refractivity contribution is 5.63. The second-order valence-corrected chi connectivity index (χ2v) is 5.69. The zero-order valence-electron chi connectivity index (χ0n) is 11.5. The molecule has 6 heteroatoms. The van der Waals surface area contributed by atoms with Gasteiger partial charge in [-0.05, 0) is 24.7 Å². The van der Waals surface area contributed by atoms with Crippen molar-refractivity contribution in [1.82, 2.24) is 0 Å². The largest absolute Gasteiger partial charge is 0.374 e. The molecule has 0 bridgehead atoms. The number of nitro groups is 1. The van der Waals surface area contributed by atoms with Crippen LogP contribution in [0.4, 0.5) is 20.2 Å². The molecule has 1 aliphatic carbocycles. The third-order valence-electron chi connectivity index (χ3n) is 4.02. The molecular formula is C14H18F2N2O2. The van der Waals surface area contributed by atoms with Gasteiger partial charge in [-0.1, -0.05) is 20.3 Å². The van der Waals surface area contributed by atoms with Gasteiger partial charge in [0.2, 0.25) is 0 Å². The molecule has 0 amide bonds. The number of halogens is 2. The molecule has 20 heavy (non-hydrogen) atoms. The Morgan fingerprint density at radius 1 is 1.30 bits per heavy atom. The Morgan fingerprint density at radius 2 is 2.00 bits per heavy atom. The average molecular weight is 284 g/mol. The van der Waals surface area contributed by atoms with Crippen LogP contribution >= 0.6 is 0 Å². The molecule has 110 valence electrons. The first-order valence-electron chi connectivity index (χ1n) is 6.78. The normalized spacial score (nSPS) is 26.3. The van der Waals surface area contributed by atoms with E-state index < -0.39 is 22.2 Å². The minimum atomic E-state index is -0.940. The second-order valence-electron chi connectivity index (χ2n) is 5.69. The van der Waals surface area contributed by atoms with Gasteiger partial charge in [0.25, 0.3) is 5.69 Å². The molecule has 0 spiro atoms. The Kier molecular flexibility index (Phi) is 4.20. The molecule has 1 aliphatic rings. The average Bonchev–Trinajstić information content (AvgIpc) is 2.36. The topological polar surface area (TPSA) is 55.2 Å². The maximum absolute atomic E-state index is 13.8. The van der Waals surface area contributed by atoms with Gasteiger partial charge in [-0.15, -0.1) is 0 Å². The Hall–Kier alpha value is -1.72. The van der Waals surface area contributed by atoms with E-state index in [1.165, 1.54) is 0 Å². The van der Waals surface area contributed by atoms with Crippen LogP contribution in [0.15, 0.2) is 12.1 Å². The van der Waals surface area contributed by atoms with Gasteiger partial charge in [0.05, 0.1) is 11.0 Å². The standard InChI is InChI=1S/C14H18F2N2O2/c1-8-3-4-9(2)12(5-8)17-14-11(16)6-10(15)7-13(14)18(19)20/h6-9,12,17H,3-5H2,1-2H3. The second kappa shape index (κ2) is 5.73. The summed E-state index contributed by atoms with van der Waals surface area (Å²) in [5.41, 5.74) is -0.754. The van der Waals surface area contributed by atoms with Gasteiger partial charge in [-0.25, -0.2) is 8.78 Å². The lowest BCUT2D eigenvalue weighted by Crippen LogP contribution is -2.34. The molecule has 0 saturated heterocycles. The highest BCUT2D eigenvalue weighted by Crippen LogP contribution is 2.35. The number of hydrogen-bond acceptors (Lipinski definition) is 3. The molecule has 4 nitrogen and oxygen atoms in total. The van der Waals surface area contributed by atoms with Gasteiger partial charge in [-0.2, -0.15) is 0 Å². The van der Waals surface area contributed by atoms with Crippen LogP contribution in [-0.4, -0.2) is 11.0 Å². The lowest BCUT2D eigenvalue weighted by Gasteiger charge is -2.33. The molecular weight excluding hydrogens is 266 g/mol. The number of nitrogens with one attached hydrogen (secondary N) is 1. The third-order valence-corrected chi connectivity index (χ3v) is 4.02. The lowest BCUT2D eigenvalue weighted by atomic mass is 9.80. The van der Waals surface area contributed by atoms with E-state index in [0.717, 1.165) is 25.3 Å². The van der Waals surface area contributed by atoms with Gasteiger partial charge in [-0.3, -0.25) is 10.1 Å². The minimum Gasteiger partial charge on any atom is -0.374 e. The first kappa shape index (κ1) is 14.7. The summed E-state index contributed by atoms with van der Waals surface area (Å²) in [5.74, 6) is -1.06. The lowest BCUT2D eigenvalue weighted by molar-refractivity contribution is -0.384. The van der Waals surface area contributed by atoms with Crippen LogP contribution in [0.25, 0.3) is 0 Å². The van der Waals surface area contributed by atoms with Crippen molar-refractivity contribution in [2.45, 2.75) is 39.2 Å². The summed E-state index contributed by atoms with van der Waals surface area (Å²) in [6, 6.07) is 1.40. The van der Waals surface area contributed by atoms with Crippen molar-refractivity contribution in [2.75, 3.05) is 5.32 Å². The van der Waals surface area contributed by atoms with Crippen molar-refractivity contribution in [1.29, 1.82) is 0 Å². The van der Waals surface area contributed by atoms with Crippen molar-refractivity contribution in [3.8, 4) is 0 Å². The zero-order chi connectivity index (χ0) is 14.9. The molecule has 0 heterocycles. The van der Waals surface area contributed by atoms with Crippen LogP contribution < -0.4 is 5.32 Å². The maximum Gasteiger partial charge on any atom is 0.298 e.